The lowest BCUT2D eigenvalue weighted by atomic mass is 10.4. The SMILES string of the molecule is O=C(Cn1cnnn1)NC1C2CNCC21. The van der Waals surface area contributed by atoms with Gasteiger partial charge < -0.3 is 10.6 Å². The van der Waals surface area contributed by atoms with Gasteiger partial charge in [-0.3, -0.25) is 4.79 Å². The summed E-state index contributed by atoms with van der Waals surface area (Å²) in [6.45, 7) is 2.26. The number of hydrogen-bond donors (Lipinski definition) is 2. The van der Waals surface area contributed by atoms with E-state index < -0.39 is 0 Å². The van der Waals surface area contributed by atoms with E-state index in [0.29, 0.717) is 17.9 Å². The molecule has 2 heterocycles. The molecule has 80 valence electrons. The lowest BCUT2D eigenvalue weighted by molar-refractivity contribution is -0.122. The molecule has 3 rings (SSSR count). The smallest absolute Gasteiger partial charge is 0.242 e. The maximum absolute atomic E-state index is 11.5. The van der Waals surface area contributed by atoms with E-state index in [1.54, 1.807) is 0 Å². The number of nitrogens with one attached hydrogen (secondary N) is 2. The van der Waals surface area contributed by atoms with Crippen LogP contribution in [0.5, 0.6) is 0 Å². The topological polar surface area (TPSA) is 84.7 Å². The molecule has 0 spiro atoms. The molecule has 1 saturated heterocycles. The van der Waals surface area contributed by atoms with Gasteiger partial charge in [0.15, 0.2) is 0 Å². The number of aromatic nitrogens is 4. The van der Waals surface area contributed by atoms with Crippen molar-refractivity contribution in [2.45, 2.75) is 12.6 Å². The molecule has 7 nitrogen and oxygen atoms in total. The molecule has 2 aliphatic rings. The Kier molecular flexibility index (Phi) is 1.91. The molecular weight excluding hydrogens is 196 g/mol. The van der Waals surface area contributed by atoms with E-state index in [2.05, 4.69) is 26.2 Å². The summed E-state index contributed by atoms with van der Waals surface area (Å²) < 4.78 is 1.42. The maximum Gasteiger partial charge on any atom is 0.242 e. The van der Waals surface area contributed by atoms with Crippen molar-refractivity contribution in [1.82, 2.24) is 30.8 Å². The van der Waals surface area contributed by atoms with E-state index >= 15 is 0 Å². The van der Waals surface area contributed by atoms with Crippen LogP contribution in [0.25, 0.3) is 0 Å². The number of hydrogen-bond acceptors (Lipinski definition) is 5. The predicted molar refractivity (Wildman–Crippen MR) is 49.6 cm³/mol. The Morgan fingerprint density at radius 3 is 3.00 bits per heavy atom. The van der Waals surface area contributed by atoms with E-state index in [-0.39, 0.29) is 12.5 Å². The molecule has 15 heavy (non-hydrogen) atoms. The number of carbonyl (C=O) groups is 1. The zero-order chi connectivity index (χ0) is 10.3. The number of tetrazole rings is 1. The van der Waals surface area contributed by atoms with Crippen LogP contribution in [0.3, 0.4) is 0 Å². The van der Waals surface area contributed by atoms with E-state index in [4.69, 9.17) is 0 Å². The van der Waals surface area contributed by atoms with Gasteiger partial charge in [0.1, 0.15) is 12.9 Å². The second-order valence-corrected chi connectivity index (χ2v) is 4.09. The van der Waals surface area contributed by atoms with Gasteiger partial charge in [0, 0.05) is 19.1 Å². The second-order valence-electron chi connectivity index (χ2n) is 4.09. The molecule has 1 saturated carbocycles. The highest BCUT2D eigenvalue weighted by Crippen LogP contribution is 2.41. The molecule has 1 amide bonds. The summed E-state index contributed by atoms with van der Waals surface area (Å²) in [7, 11) is 0. The van der Waals surface area contributed by atoms with Gasteiger partial charge in [0.25, 0.3) is 0 Å². The number of carbonyl (C=O) groups excluding carboxylic acids is 1. The second kappa shape index (κ2) is 3.27. The predicted octanol–water partition coefficient (Wildman–Crippen LogP) is -1.99. The van der Waals surface area contributed by atoms with Crippen LogP contribution >= 0.6 is 0 Å². The maximum atomic E-state index is 11.5. The summed E-state index contributed by atoms with van der Waals surface area (Å²) in [6.07, 6.45) is 1.44. The molecule has 1 aliphatic carbocycles. The third-order valence-electron chi connectivity index (χ3n) is 3.12. The Labute approximate surface area is 86.2 Å². The van der Waals surface area contributed by atoms with Gasteiger partial charge in [0.05, 0.1) is 0 Å². The first-order chi connectivity index (χ1) is 7.34. The third kappa shape index (κ3) is 1.58. The molecule has 0 aromatic carbocycles. The molecule has 2 unspecified atom stereocenters. The van der Waals surface area contributed by atoms with Gasteiger partial charge in [-0.2, -0.15) is 0 Å². The lowest BCUT2D eigenvalue weighted by Crippen LogP contribution is -2.34. The number of fused-ring (bicyclic) bond motifs is 1. The highest BCUT2D eigenvalue weighted by Gasteiger charge is 2.53. The zero-order valence-electron chi connectivity index (χ0n) is 8.13. The minimum Gasteiger partial charge on any atom is -0.351 e. The molecular formula is C8H12N6O. The minimum absolute atomic E-state index is 0.0123. The van der Waals surface area contributed by atoms with Crippen molar-refractivity contribution >= 4 is 5.91 Å². The van der Waals surface area contributed by atoms with Gasteiger partial charge >= 0.3 is 0 Å². The van der Waals surface area contributed by atoms with Crippen LogP contribution in [0.1, 0.15) is 0 Å². The van der Waals surface area contributed by atoms with Crippen molar-refractivity contribution in [2.75, 3.05) is 13.1 Å². The van der Waals surface area contributed by atoms with Crippen LogP contribution in [-0.4, -0.2) is 45.2 Å². The highest BCUT2D eigenvalue weighted by molar-refractivity contribution is 5.76. The summed E-state index contributed by atoms with van der Waals surface area (Å²) in [4.78, 5) is 11.5. The quantitative estimate of drug-likeness (QED) is 0.600. The van der Waals surface area contributed by atoms with Crippen molar-refractivity contribution in [3.63, 3.8) is 0 Å². The molecule has 0 bridgehead atoms. The fraction of sp³-hybridized carbons (Fsp3) is 0.750. The fourth-order valence-electron chi connectivity index (χ4n) is 2.26. The van der Waals surface area contributed by atoms with Crippen molar-refractivity contribution in [3.05, 3.63) is 6.33 Å². The fourth-order valence-corrected chi connectivity index (χ4v) is 2.26. The molecule has 1 aliphatic heterocycles. The molecule has 2 fully saturated rings. The van der Waals surface area contributed by atoms with Gasteiger partial charge in [0.2, 0.25) is 5.91 Å². The zero-order valence-corrected chi connectivity index (χ0v) is 8.13. The van der Waals surface area contributed by atoms with E-state index in [1.165, 1.54) is 11.0 Å². The van der Waals surface area contributed by atoms with Crippen molar-refractivity contribution < 1.29 is 4.79 Å². The Hall–Kier alpha value is -1.50. The number of amides is 1. The van der Waals surface area contributed by atoms with Crippen molar-refractivity contribution in [2.24, 2.45) is 11.8 Å². The summed E-state index contributed by atoms with van der Waals surface area (Å²) in [5, 5.41) is 16.9. The number of rotatable bonds is 3. The van der Waals surface area contributed by atoms with Gasteiger partial charge in [-0.1, -0.05) is 0 Å². The average Bonchev–Trinajstić information content (AvgIpc) is 2.65. The van der Waals surface area contributed by atoms with Gasteiger partial charge in [-0.25, -0.2) is 4.68 Å². The van der Waals surface area contributed by atoms with Crippen LogP contribution in [0, 0.1) is 11.8 Å². The first-order valence-electron chi connectivity index (χ1n) is 5.05. The standard InChI is InChI=1S/C8H12N6O/c15-7(3-14-4-10-12-13-14)11-8-5-1-9-2-6(5)8/h4-6,8-9H,1-3H2,(H,11,15). The summed E-state index contributed by atoms with van der Waals surface area (Å²) >= 11 is 0. The molecule has 2 N–H and O–H groups in total. The van der Waals surface area contributed by atoms with E-state index in [9.17, 15) is 4.79 Å². The molecule has 0 radical (unpaired) electrons. The van der Waals surface area contributed by atoms with Crippen LogP contribution in [0.2, 0.25) is 0 Å². The van der Waals surface area contributed by atoms with Gasteiger partial charge in [-0.05, 0) is 22.3 Å². The monoisotopic (exact) mass is 208 g/mol. The molecule has 2 atom stereocenters. The third-order valence-corrected chi connectivity index (χ3v) is 3.12. The van der Waals surface area contributed by atoms with Crippen LogP contribution < -0.4 is 10.6 Å². The molecule has 7 heteroatoms. The van der Waals surface area contributed by atoms with Crippen LogP contribution in [0.4, 0.5) is 0 Å². The number of piperidine rings is 1. The first-order valence-corrected chi connectivity index (χ1v) is 5.05. The lowest BCUT2D eigenvalue weighted by Gasteiger charge is -2.06. The number of nitrogens with zero attached hydrogens (tertiary/aromatic N) is 4. The van der Waals surface area contributed by atoms with Crippen LogP contribution in [-0.2, 0) is 11.3 Å². The van der Waals surface area contributed by atoms with Crippen LogP contribution in [0.15, 0.2) is 6.33 Å². The Bertz CT molecular complexity index is 353. The van der Waals surface area contributed by atoms with E-state index in [1.807, 2.05) is 0 Å². The van der Waals surface area contributed by atoms with Gasteiger partial charge in [-0.15, -0.1) is 5.10 Å². The summed E-state index contributed by atoms with van der Waals surface area (Å²) in [5.74, 6) is 1.27. The average molecular weight is 208 g/mol. The first kappa shape index (κ1) is 8.78. The molecule has 1 aromatic rings. The summed E-state index contributed by atoms with van der Waals surface area (Å²) in [5.41, 5.74) is 0. The highest BCUT2D eigenvalue weighted by atomic mass is 16.2. The normalized spacial score (nSPS) is 32.4. The van der Waals surface area contributed by atoms with E-state index in [0.717, 1.165) is 13.1 Å². The minimum atomic E-state index is -0.0123. The molecule has 1 aromatic heterocycles. The van der Waals surface area contributed by atoms with Crippen molar-refractivity contribution in [3.8, 4) is 0 Å². The Morgan fingerprint density at radius 2 is 2.33 bits per heavy atom. The Morgan fingerprint density at radius 1 is 1.53 bits per heavy atom. The largest absolute Gasteiger partial charge is 0.351 e. The van der Waals surface area contributed by atoms with Crippen molar-refractivity contribution in [1.29, 1.82) is 0 Å². The Balaban J connectivity index is 1.50. The summed E-state index contributed by atoms with van der Waals surface area (Å²) in [6, 6.07) is 0.371.